The highest BCUT2D eigenvalue weighted by molar-refractivity contribution is 7.89. The third-order valence-corrected chi connectivity index (χ3v) is 8.49. The molecule has 4 bridgehead atoms. The van der Waals surface area contributed by atoms with Gasteiger partial charge in [0.05, 0.1) is 23.1 Å². The van der Waals surface area contributed by atoms with E-state index in [1.807, 2.05) is 0 Å². The zero-order valence-corrected chi connectivity index (χ0v) is 24.2. The topological polar surface area (TPSA) is 134 Å². The van der Waals surface area contributed by atoms with E-state index in [1.54, 1.807) is 69.6 Å². The predicted molar refractivity (Wildman–Crippen MR) is 160 cm³/mol. The van der Waals surface area contributed by atoms with Crippen LogP contribution in [0.2, 0.25) is 0 Å². The lowest BCUT2D eigenvalue weighted by Gasteiger charge is -2.24. The molecule has 42 heavy (non-hydrogen) atoms. The van der Waals surface area contributed by atoms with E-state index in [9.17, 15) is 13.2 Å². The van der Waals surface area contributed by atoms with Crippen molar-refractivity contribution in [2.45, 2.75) is 30.6 Å². The average Bonchev–Trinajstić information content (AvgIpc) is 2.98. The third kappa shape index (κ3) is 6.19. The first-order valence-corrected chi connectivity index (χ1v) is 14.8. The number of nitrogens with zero attached hydrogens (tertiary/aromatic N) is 2. The number of carbonyl (C=O) groups excluding carboxylic acids is 1. The van der Waals surface area contributed by atoms with Crippen LogP contribution in [0.5, 0.6) is 5.75 Å². The summed E-state index contributed by atoms with van der Waals surface area (Å²) in [5.41, 5.74) is 1.42. The SMILES string of the molecule is COc1ccc(C(C)(C)C(=O)Nc2ccc(-c3cnc4nc3NCCCNS(=O)(=O)c3cccc(c3)N4)cc2F)cc1. The number of carbonyl (C=O) groups is 1. The van der Waals surface area contributed by atoms with Gasteiger partial charge in [0.2, 0.25) is 21.9 Å². The van der Waals surface area contributed by atoms with Gasteiger partial charge in [0, 0.05) is 30.5 Å². The van der Waals surface area contributed by atoms with Gasteiger partial charge in [-0.3, -0.25) is 4.79 Å². The molecule has 4 N–H and O–H groups in total. The second-order valence-corrected chi connectivity index (χ2v) is 12.1. The summed E-state index contributed by atoms with van der Waals surface area (Å²) < 4.78 is 48.4. The highest BCUT2D eigenvalue weighted by Crippen LogP contribution is 2.32. The number of halogens is 1. The standard InChI is InChI=1S/C30H31FN6O4S/c1-30(2,20-9-11-22(41-3)12-10-20)28(38)36-26-13-8-19(16-25(26)31)24-18-33-29-35-21-6-4-7-23(17-21)42(39,40)34-15-5-14-32-27(24)37-29/h4,6-13,16-18,34H,5,14-15H2,1-3H3,(H,36,38)(H2,32,33,35,37). The van der Waals surface area contributed by atoms with E-state index in [0.717, 1.165) is 5.56 Å². The highest BCUT2D eigenvalue weighted by Gasteiger charge is 2.30. The molecule has 0 saturated carbocycles. The Hall–Kier alpha value is -4.55. The van der Waals surface area contributed by atoms with Crippen molar-refractivity contribution in [2.75, 3.05) is 36.1 Å². The Labute approximate surface area is 243 Å². The lowest BCUT2D eigenvalue weighted by molar-refractivity contribution is -0.120. The number of hydrogen-bond donors (Lipinski definition) is 4. The number of methoxy groups -OCH3 is 1. The van der Waals surface area contributed by atoms with Gasteiger partial charge in [-0.1, -0.05) is 24.3 Å². The Bertz CT molecular complexity index is 1730. The number of sulfonamides is 1. The number of ether oxygens (including phenoxy) is 1. The summed E-state index contributed by atoms with van der Waals surface area (Å²) in [6.45, 7) is 4.16. The molecule has 4 aromatic rings. The third-order valence-electron chi connectivity index (χ3n) is 7.03. The van der Waals surface area contributed by atoms with Crippen LogP contribution in [-0.2, 0) is 20.2 Å². The second-order valence-electron chi connectivity index (χ2n) is 10.3. The van der Waals surface area contributed by atoms with Gasteiger partial charge in [-0.15, -0.1) is 0 Å². The monoisotopic (exact) mass is 590 g/mol. The molecule has 2 heterocycles. The molecule has 0 spiro atoms. The number of fused-ring (bicyclic) bond motifs is 4. The van der Waals surface area contributed by atoms with Crippen LogP contribution < -0.4 is 25.4 Å². The van der Waals surface area contributed by atoms with Crippen LogP contribution in [0.1, 0.15) is 25.8 Å². The summed E-state index contributed by atoms with van der Waals surface area (Å²) in [5.74, 6) is 0.389. The molecule has 1 aliphatic rings. The van der Waals surface area contributed by atoms with E-state index >= 15 is 4.39 Å². The minimum atomic E-state index is -3.67. The fraction of sp³-hybridized carbons (Fsp3) is 0.233. The van der Waals surface area contributed by atoms with Crippen molar-refractivity contribution in [1.29, 1.82) is 0 Å². The molecule has 0 aliphatic carbocycles. The molecule has 5 rings (SSSR count). The van der Waals surface area contributed by atoms with Crippen LogP contribution in [0, 0.1) is 5.82 Å². The number of amides is 1. The van der Waals surface area contributed by atoms with Crippen LogP contribution in [0.4, 0.5) is 27.5 Å². The van der Waals surface area contributed by atoms with Crippen LogP contribution in [-0.4, -0.2) is 44.5 Å². The van der Waals surface area contributed by atoms with E-state index in [2.05, 4.69) is 30.6 Å². The van der Waals surface area contributed by atoms with Gasteiger partial charge in [-0.05, 0) is 73.9 Å². The van der Waals surface area contributed by atoms with Gasteiger partial charge in [-0.2, -0.15) is 4.98 Å². The number of hydrogen-bond acceptors (Lipinski definition) is 8. The summed E-state index contributed by atoms with van der Waals surface area (Å²) in [6, 6.07) is 18.0. The Kier molecular flexibility index (Phi) is 8.10. The maximum atomic E-state index is 15.3. The van der Waals surface area contributed by atoms with E-state index in [4.69, 9.17) is 4.74 Å². The average molecular weight is 591 g/mol. The van der Waals surface area contributed by atoms with Crippen molar-refractivity contribution in [3.05, 3.63) is 84.3 Å². The first kappa shape index (κ1) is 29.0. The van der Waals surface area contributed by atoms with Gasteiger partial charge >= 0.3 is 0 Å². The summed E-state index contributed by atoms with van der Waals surface area (Å²) in [4.78, 5) is 22.2. The fourth-order valence-corrected chi connectivity index (χ4v) is 5.56. The Morgan fingerprint density at radius 1 is 1.05 bits per heavy atom. The first-order chi connectivity index (χ1) is 20.1. The van der Waals surface area contributed by atoms with E-state index < -0.39 is 21.3 Å². The number of aromatic nitrogens is 2. The maximum absolute atomic E-state index is 15.3. The molecule has 218 valence electrons. The quantitative estimate of drug-likeness (QED) is 0.254. The van der Waals surface area contributed by atoms with Crippen LogP contribution >= 0.6 is 0 Å². The molecule has 12 heteroatoms. The summed E-state index contributed by atoms with van der Waals surface area (Å²) in [6.07, 6.45) is 2.05. The van der Waals surface area contributed by atoms with Crippen molar-refractivity contribution in [2.24, 2.45) is 0 Å². The van der Waals surface area contributed by atoms with Crippen molar-refractivity contribution in [3.8, 4) is 16.9 Å². The first-order valence-electron chi connectivity index (χ1n) is 13.3. The lowest BCUT2D eigenvalue weighted by Crippen LogP contribution is -2.35. The molecule has 0 fully saturated rings. The molecule has 0 unspecified atom stereocenters. The van der Waals surface area contributed by atoms with Crippen LogP contribution in [0.15, 0.2) is 77.8 Å². The second kappa shape index (κ2) is 11.7. The molecule has 0 radical (unpaired) electrons. The molecule has 10 nitrogen and oxygen atoms in total. The minimum Gasteiger partial charge on any atom is -0.497 e. The molecule has 1 amide bonds. The highest BCUT2D eigenvalue weighted by atomic mass is 32.2. The molecular weight excluding hydrogens is 559 g/mol. The summed E-state index contributed by atoms with van der Waals surface area (Å²) in [5, 5.41) is 8.95. The molecule has 0 atom stereocenters. The van der Waals surface area contributed by atoms with Crippen LogP contribution in [0.3, 0.4) is 0 Å². The predicted octanol–water partition coefficient (Wildman–Crippen LogP) is 5.05. The smallest absolute Gasteiger partial charge is 0.240 e. The normalized spacial score (nSPS) is 14.7. The van der Waals surface area contributed by atoms with Crippen molar-refractivity contribution in [1.82, 2.24) is 14.7 Å². The van der Waals surface area contributed by atoms with Crippen molar-refractivity contribution >= 4 is 39.1 Å². The summed E-state index contributed by atoms with van der Waals surface area (Å²) >= 11 is 0. The van der Waals surface area contributed by atoms with E-state index in [0.29, 0.717) is 41.3 Å². The Morgan fingerprint density at radius 2 is 1.83 bits per heavy atom. The Balaban J connectivity index is 1.39. The molecular formula is C30H31FN6O4S. The van der Waals surface area contributed by atoms with Crippen molar-refractivity contribution < 1.29 is 22.3 Å². The van der Waals surface area contributed by atoms with Gasteiger partial charge in [0.1, 0.15) is 17.4 Å². The molecule has 1 aromatic heterocycles. The number of nitrogens with one attached hydrogen (secondary N) is 4. The minimum absolute atomic E-state index is 0.0459. The molecule has 0 saturated heterocycles. The fourth-order valence-electron chi connectivity index (χ4n) is 4.44. The maximum Gasteiger partial charge on any atom is 0.240 e. The van der Waals surface area contributed by atoms with E-state index in [-0.39, 0.29) is 29.0 Å². The van der Waals surface area contributed by atoms with Crippen LogP contribution in [0.25, 0.3) is 11.1 Å². The Morgan fingerprint density at radius 3 is 2.57 bits per heavy atom. The molecule has 3 aromatic carbocycles. The van der Waals surface area contributed by atoms with Gasteiger partial charge in [-0.25, -0.2) is 22.5 Å². The zero-order valence-electron chi connectivity index (χ0n) is 23.4. The zero-order chi connectivity index (χ0) is 29.9. The number of rotatable bonds is 5. The van der Waals surface area contributed by atoms with Gasteiger partial charge < -0.3 is 20.7 Å². The lowest BCUT2D eigenvalue weighted by atomic mass is 9.83. The number of anilines is 4. The largest absolute Gasteiger partial charge is 0.497 e. The van der Waals surface area contributed by atoms with Gasteiger partial charge in [0.15, 0.2) is 0 Å². The van der Waals surface area contributed by atoms with E-state index in [1.165, 1.54) is 24.3 Å². The molecule has 1 aliphatic heterocycles. The number of benzene rings is 3. The summed E-state index contributed by atoms with van der Waals surface area (Å²) in [7, 11) is -2.10. The van der Waals surface area contributed by atoms with Crippen molar-refractivity contribution in [3.63, 3.8) is 0 Å². The van der Waals surface area contributed by atoms with Gasteiger partial charge in [0.25, 0.3) is 0 Å².